The molecule has 216 valence electrons. The molecule has 1 aliphatic rings. The van der Waals surface area contributed by atoms with Crippen LogP contribution in [0.5, 0.6) is 0 Å². The summed E-state index contributed by atoms with van der Waals surface area (Å²) in [6.07, 6.45) is 9.73. The van der Waals surface area contributed by atoms with Crippen LogP contribution in [0.2, 0.25) is 0 Å². The molecule has 0 spiro atoms. The van der Waals surface area contributed by atoms with E-state index in [4.69, 9.17) is 9.72 Å². The highest BCUT2D eigenvalue weighted by Gasteiger charge is 2.26. The second-order valence-corrected chi connectivity index (χ2v) is 13.2. The smallest absolute Gasteiger partial charge is 0.410 e. The zero-order chi connectivity index (χ0) is 29.5. The Balaban J connectivity index is 1.54. The largest absolute Gasteiger partial charge is 0.444 e. The van der Waals surface area contributed by atoms with Gasteiger partial charge in [0.1, 0.15) is 5.60 Å². The molecule has 4 aromatic rings. The number of fused-ring (bicyclic) bond motifs is 1. The zero-order valence-corrected chi connectivity index (χ0v) is 24.8. The van der Waals surface area contributed by atoms with Gasteiger partial charge in [-0.3, -0.25) is 9.08 Å². The van der Waals surface area contributed by atoms with Crippen molar-refractivity contribution in [1.29, 1.82) is 0 Å². The Labute approximate surface area is 239 Å². The van der Waals surface area contributed by atoms with Crippen molar-refractivity contribution in [3.63, 3.8) is 0 Å². The average Bonchev–Trinajstić information content (AvgIpc) is 3.54. The minimum absolute atomic E-state index is 0.189. The van der Waals surface area contributed by atoms with Crippen LogP contribution in [0.3, 0.4) is 0 Å². The summed E-state index contributed by atoms with van der Waals surface area (Å²) in [7, 11) is 1.29. The maximum absolute atomic E-state index is 12.8. The van der Waals surface area contributed by atoms with Crippen LogP contribution < -0.4 is 5.32 Å². The predicted molar refractivity (Wildman–Crippen MR) is 156 cm³/mol. The van der Waals surface area contributed by atoms with Gasteiger partial charge in [-0.15, -0.1) is 0 Å². The van der Waals surface area contributed by atoms with E-state index in [1.165, 1.54) is 18.4 Å². The number of benzene rings is 1. The summed E-state index contributed by atoms with van der Waals surface area (Å²) in [6, 6.07) is 6.48. The number of carbonyl (C=O) groups excluding carboxylic acids is 1. The minimum Gasteiger partial charge on any atom is -0.444 e. The highest BCUT2D eigenvalue weighted by molar-refractivity contribution is 7.89. The third-order valence-corrected chi connectivity index (χ3v) is 8.35. The van der Waals surface area contributed by atoms with Crippen molar-refractivity contribution in [1.82, 2.24) is 33.4 Å². The molecule has 4 heterocycles. The first-order valence-electron chi connectivity index (χ1n) is 13.2. The molecule has 0 radical (unpaired) electrons. The van der Waals surface area contributed by atoms with Crippen LogP contribution in [-0.4, -0.2) is 80.7 Å². The molecule has 13 heteroatoms. The summed E-state index contributed by atoms with van der Waals surface area (Å²) < 4.78 is 35.5. The summed E-state index contributed by atoms with van der Waals surface area (Å²) in [5, 5.41) is 7.62. The normalized spacial score (nSPS) is 14.4. The van der Waals surface area contributed by atoms with E-state index >= 15 is 0 Å². The molecule has 1 aromatic carbocycles. The molecule has 0 fully saturated rings. The second kappa shape index (κ2) is 10.6. The fourth-order valence-electron chi connectivity index (χ4n) is 4.46. The van der Waals surface area contributed by atoms with E-state index in [0.717, 1.165) is 16.8 Å². The maximum Gasteiger partial charge on any atom is 0.410 e. The van der Waals surface area contributed by atoms with Gasteiger partial charge in [-0.2, -0.15) is 5.10 Å². The lowest BCUT2D eigenvalue weighted by Gasteiger charge is -2.30. The van der Waals surface area contributed by atoms with Gasteiger partial charge in [0.15, 0.2) is 11.5 Å². The second-order valence-electron chi connectivity index (χ2n) is 11.1. The van der Waals surface area contributed by atoms with Gasteiger partial charge in [0, 0.05) is 51.3 Å². The monoisotopic (exact) mass is 578 g/mol. The number of aryl methyl sites for hydroxylation is 1. The molecule has 0 atom stereocenters. The van der Waals surface area contributed by atoms with Gasteiger partial charge in [-0.25, -0.2) is 27.5 Å². The minimum atomic E-state index is -3.56. The number of hydrogen-bond acceptors (Lipinski definition) is 8. The van der Waals surface area contributed by atoms with Crippen molar-refractivity contribution in [2.75, 3.05) is 32.5 Å². The predicted octanol–water partition coefficient (Wildman–Crippen LogP) is 4.15. The van der Waals surface area contributed by atoms with Gasteiger partial charge in [0.25, 0.3) is 0 Å². The van der Waals surface area contributed by atoms with Crippen molar-refractivity contribution in [3.8, 4) is 11.3 Å². The molecule has 0 aliphatic carbocycles. The molecule has 0 saturated carbocycles. The highest BCUT2D eigenvalue weighted by atomic mass is 32.2. The summed E-state index contributed by atoms with van der Waals surface area (Å²) in [6.45, 7) is 6.45. The fourth-order valence-corrected chi connectivity index (χ4v) is 5.37. The van der Waals surface area contributed by atoms with Crippen LogP contribution in [0.4, 0.5) is 16.3 Å². The standard InChI is InChI=1S/C28H34N8O4S/c1-28(2,3)40-27(37)35-13-7-8-19(17-35)23-18-36-24(20-14-30-34(6)16-20)15-29-26(36)25(32-23)31-21-9-11-22(12-10-21)41(38,39)33(4)5/h8-12,14-16,18H,7,13,17H2,1-6H3,(H,31,32). The van der Waals surface area contributed by atoms with Gasteiger partial charge < -0.3 is 15.0 Å². The van der Waals surface area contributed by atoms with Gasteiger partial charge in [-0.05, 0) is 57.0 Å². The first-order valence-corrected chi connectivity index (χ1v) is 14.6. The number of amides is 1. The lowest BCUT2D eigenvalue weighted by Crippen LogP contribution is -2.39. The molecule has 41 heavy (non-hydrogen) atoms. The van der Waals surface area contributed by atoms with E-state index in [1.807, 2.05) is 44.6 Å². The van der Waals surface area contributed by atoms with Gasteiger partial charge in [0.05, 0.1) is 35.2 Å². The molecule has 1 N–H and O–H groups in total. The fraction of sp³-hybridized carbons (Fsp3) is 0.357. The quantitative estimate of drug-likeness (QED) is 0.362. The number of nitrogens with zero attached hydrogens (tertiary/aromatic N) is 7. The lowest BCUT2D eigenvalue weighted by molar-refractivity contribution is 0.0273. The first-order chi connectivity index (χ1) is 19.3. The number of hydrogen-bond donors (Lipinski definition) is 1. The molecule has 0 unspecified atom stereocenters. The zero-order valence-electron chi connectivity index (χ0n) is 24.0. The van der Waals surface area contributed by atoms with Crippen molar-refractivity contribution in [2.24, 2.45) is 7.05 Å². The number of carbonyl (C=O) groups is 1. The van der Waals surface area contributed by atoms with E-state index in [9.17, 15) is 13.2 Å². The Bertz CT molecular complexity index is 1730. The van der Waals surface area contributed by atoms with Gasteiger partial charge in [0.2, 0.25) is 10.0 Å². The van der Waals surface area contributed by atoms with Crippen molar-refractivity contribution < 1.29 is 17.9 Å². The number of imidazole rings is 1. The molecule has 0 bridgehead atoms. The van der Waals surface area contributed by atoms with Crippen LogP contribution in [0, 0.1) is 0 Å². The lowest BCUT2D eigenvalue weighted by atomic mass is 10.1. The Morgan fingerprint density at radius 1 is 1.10 bits per heavy atom. The molecule has 1 aliphatic heterocycles. The van der Waals surface area contributed by atoms with Crippen LogP contribution in [-0.2, 0) is 21.8 Å². The maximum atomic E-state index is 12.8. The van der Waals surface area contributed by atoms with Crippen LogP contribution in [0.25, 0.3) is 22.5 Å². The number of rotatable bonds is 6. The van der Waals surface area contributed by atoms with E-state index in [2.05, 4.69) is 21.5 Å². The SMILES string of the molecule is CN(C)S(=O)(=O)c1ccc(Nc2nc(C3=CCCN(C(=O)OC(C)(C)C)C3)cn3c(-c4cnn(C)c4)cnc23)cc1. The van der Waals surface area contributed by atoms with Gasteiger partial charge in [-0.1, -0.05) is 6.08 Å². The number of anilines is 2. The van der Waals surface area contributed by atoms with Crippen LogP contribution in [0.15, 0.2) is 60.0 Å². The number of sulfonamides is 1. The van der Waals surface area contributed by atoms with E-state index in [0.29, 0.717) is 42.4 Å². The molecule has 12 nitrogen and oxygen atoms in total. The summed E-state index contributed by atoms with van der Waals surface area (Å²) in [4.78, 5) is 24.2. The van der Waals surface area contributed by atoms with Crippen molar-refractivity contribution >= 4 is 38.8 Å². The summed E-state index contributed by atoms with van der Waals surface area (Å²) >= 11 is 0. The van der Waals surface area contributed by atoms with E-state index in [-0.39, 0.29) is 11.0 Å². The third-order valence-electron chi connectivity index (χ3n) is 6.52. The topological polar surface area (TPSA) is 127 Å². The molecule has 3 aromatic heterocycles. The molecule has 5 rings (SSSR count). The molecule has 0 saturated heterocycles. The van der Waals surface area contributed by atoms with E-state index in [1.54, 1.807) is 46.2 Å². The Morgan fingerprint density at radius 2 is 1.83 bits per heavy atom. The Morgan fingerprint density at radius 3 is 2.46 bits per heavy atom. The van der Waals surface area contributed by atoms with Gasteiger partial charge >= 0.3 is 6.09 Å². The van der Waals surface area contributed by atoms with Crippen molar-refractivity contribution in [2.45, 2.75) is 37.7 Å². The summed E-state index contributed by atoms with van der Waals surface area (Å²) in [5.74, 6) is 0.483. The molecular weight excluding hydrogens is 544 g/mol. The molecular formula is C28H34N8O4S. The number of ether oxygens (including phenoxy) is 1. The average molecular weight is 579 g/mol. The Hall–Kier alpha value is -4.23. The molecule has 1 amide bonds. The summed E-state index contributed by atoms with van der Waals surface area (Å²) in [5.41, 5.74) is 3.89. The Kier molecular flexibility index (Phi) is 7.34. The first kappa shape index (κ1) is 28.3. The highest BCUT2D eigenvalue weighted by Crippen LogP contribution is 2.30. The third kappa shape index (κ3) is 5.95. The van der Waals surface area contributed by atoms with E-state index < -0.39 is 15.6 Å². The number of nitrogens with one attached hydrogen (secondary N) is 1. The van der Waals surface area contributed by atoms with Crippen LogP contribution in [0.1, 0.15) is 32.9 Å². The van der Waals surface area contributed by atoms with Crippen molar-refractivity contribution in [3.05, 3.63) is 60.8 Å². The number of aromatic nitrogens is 5. The van der Waals surface area contributed by atoms with Crippen LogP contribution >= 0.6 is 0 Å².